The summed E-state index contributed by atoms with van der Waals surface area (Å²) in [5.41, 5.74) is 0.478. The summed E-state index contributed by atoms with van der Waals surface area (Å²) in [4.78, 5) is 9.29. The third-order valence-electron chi connectivity index (χ3n) is 1.74. The van der Waals surface area contributed by atoms with Gasteiger partial charge in [-0.2, -0.15) is 0 Å². The van der Waals surface area contributed by atoms with Crippen molar-refractivity contribution in [2.75, 3.05) is 13.1 Å². The Morgan fingerprint density at radius 3 is 2.47 bits per heavy atom. The molecule has 0 saturated heterocycles. The van der Waals surface area contributed by atoms with Crippen molar-refractivity contribution in [3.8, 4) is 0 Å². The Hall–Kier alpha value is -1.75. The number of nitrogens with zero attached hydrogens (tertiary/aromatic N) is 1. The SMILES string of the molecule is CCNCC.O=[N+]([O-])C=Cc1cccc(F)c1. The molecule has 0 aliphatic carbocycles. The monoisotopic (exact) mass is 240 g/mol. The van der Waals surface area contributed by atoms with Gasteiger partial charge in [-0.3, -0.25) is 10.1 Å². The predicted octanol–water partition coefficient (Wildman–Crippen LogP) is 2.69. The summed E-state index contributed by atoms with van der Waals surface area (Å²) in [6, 6.07) is 5.58. The number of nitro groups is 1. The zero-order valence-electron chi connectivity index (χ0n) is 10.0. The van der Waals surface area contributed by atoms with E-state index < -0.39 is 10.7 Å². The maximum Gasteiger partial charge on any atom is 0.235 e. The standard InChI is InChI=1S/C8H6FNO2.C4H11N/c9-8-3-1-2-7(6-8)4-5-10(11)12;1-3-5-4-2/h1-6H;5H,3-4H2,1-2H3. The van der Waals surface area contributed by atoms with Gasteiger partial charge in [0.15, 0.2) is 0 Å². The minimum atomic E-state index is -0.592. The fourth-order valence-electron chi connectivity index (χ4n) is 1.01. The average molecular weight is 240 g/mol. The van der Waals surface area contributed by atoms with Crippen LogP contribution in [0.2, 0.25) is 0 Å². The molecule has 0 unspecified atom stereocenters. The van der Waals surface area contributed by atoms with Crippen LogP contribution in [-0.4, -0.2) is 18.0 Å². The second-order valence-electron chi connectivity index (χ2n) is 3.11. The molecule has 0 saturated carbocycles. The second kappa shape index (κ2) is 9.47. The minimum Gasteiger partial charge on any atom is -0.317 e. The van der Waals surface area contributed by atoms with E-state index in [0.29, 0.717) is 5.56 Å². The molecule has 0 bridgehead atoms. The van der Waals surface area contributed by atoms with Crippen LogP contribution in [0.25, 0.3) is 6.08 Å². The van der Waals surface area contributed by atoms with Crippen LogP contribution in [0.4, 0.5) is 4.39 Å². The number of rotatable bonds is 4. The topological polar surface area (TPSA) is 55.2 Å². The van der Waals surface area contributed by atoms with Gasteiger partial charge in [0.2, 0.25) is 6.20 Å². The molecule has 0 radical (unpaired) electrons. The van der Waals surface area contributed by atoms with Crippen LogP contribution in [-0.2, 0) is 0 Å². The molecule has 94 valence electrons. The molecule has 17 heavy (non-hydrogen) atoms. The van der Waals surface area contributed by atoms with E-state index in [4.69, 9.17) is 0 Å². The summed E-state index contributed by atoms with van der Waals surface area (Å²) in [6.45, 7) is 6.39. The molecule has 0 atom stereocenters. The number of hydrogen-bond acceptors (Lipinski definition) is 3. The van der Waals surface area contributed by atoms with Crippen LogP contribution in [0, 0.1) is 15.9 Å². The zero-order valence-corrected chi connectivity index (χ0v) is 10.0. The van der Waals surface area contributed by atoms with Gasteiger partial charge in [0, 0.05) is 6.08 Å². The van der Waals surface area contributed by atoms with E-state index in [1.807, 2.05) is 0 Å². The summed E-state index contributed by atoms with van der Waals surface area (Å²) in [5.74, 6) is -0.402. The smallest absolute Gasteiger partial charge is 0.235 e. The van der Waals surface area contributed by atoms with Crippen molar-refractivity contribution in [1.82, 2.24) is 5.32 Å². The Morgan fingerprint density at radius 1 is 1.41 bits per heavy atom. The number of benzene rings is 1. The predicted molar refractivity (Wildman–Crippen MR) is 66.6 cm³/mol. The fourth-order valence-corrected chi connectivity index (χ4v) is 1.01. The van der Waals surface area contributed by atoms with Crippen molar-refractivity contribution in [2.24, 2.45) is 0 Å². The summed E-state index contributed by atoms with van der Waals surface area (Å²) in [5, 5.41) is 13.0. The third kappa shape index (κ3) is 9.19. The Balaban J connectivity index is 0.000000437. The van der Waals surface area contributed by atoms with Gasteiger partial charge in [-0.1, -0.05) is 26.0 Å². The number of nitrogens with one attached hydrogen (secondary N) is 1. The summed E-state index contributed by atoms with van der Waals surface area (Å²) >= 11 is 0. The second-order valence-corrected chi connectivity index (χ2v) is 3.11. The molecule has 1 rings (SSSR count). The molecule has 0 aliphatic rings. The highest BCUT2D eigenvalue weighted by molar-refractivity contribution is 5.47. The van der Waals surface area contributed by atoms with Crippen LogP contribution in [0.1, 0.15) is 19.4 Å². The molecule has 4 nitrogen and oxygen atoms in total. The van der Waals surface area contributed by atoms with Crippen molar-refractivity contribution in [3.05, 3.63) is 52.0 Å². The lowest BCUT2D eigenvalue weighted by Gasteiger charge is -1.89. The Bertz CT molecular complexity index is 365. The maximum absolute atomic E-state index is 12.5. The van der Waals surface area contributed by atoms with E-state index in [9.17, 15) is 14.5 Å². The molecule has 5 heteroatoms. The van der Waals surface area contributed by atoms with Crippen LogP contribution >= 0.6 is 0 Å². The van der Waals surface area contributed by atoms with Crippen LogP contribution in [0.5, 0.6) is 0 Å². The molecule has 0 fully saturated rings. The lowest BCUT2D eigenvalue weighted by molar-refractivity contribution is -0.400. The van der Waals surface area contributed by atoms with E-state index >= 15 is 0 Å². The largest absolute Gasteiger partial charge is 0.317 e. The quantitative estimate of drug-likeness (QED) is 0.650. The highest BCUT2D eigenvalue weighted by Crippen LogP contribution is 2.04. The van der Waals surface area contributed by atoms with Gasteiger partial charge in [-0.15, -0.1) is 0 Å². The normalized spacial score (nSPS) is 9.82. The van der Waals surface area contributed by atoms with Crippen molar-refractivity contribution in [2.45, 2.75) is 13.8 Å². The molecule has 0 aliphatic heterocycles. The summed E-state index contributed by atoms with van der Waals surface area (Å²) < 4.78 is 12.5. The zero-order chi connectivity index (χ0) is 13.1. The van der Waals surface area contributed by atoms with E-state index in [2.05, 4.69) is 19.2 Å². The van der Waals surface area contributed by atoms with Crippen LogP contribution in [0.15, 0.2) is 30.5 Å². The van der Waals surface area contributed by atoms with Gasteiger partial charge >= 0.3 is 0 Å². The van der Waals surface area contributed by atoms with Crippen molar-refractivity contribution < 1.29 is 9.31 Å². The van der Waals surface area contributed by atoms with Crippen molar-refractivity contribution in [3.63, 3.8) is 0 Å². The van der Waals surface area contributed by atoms with Crippen molar-refractivity contribution in [1.29, 1.82) is 0 Å². The molecule has 1 aromatic rings. The Morgan fingerprint density at radius 2 is 2.06 bits per heavy atom. The summed E-state index contributed by atoms with van der Waals surface area (Å²) in [6.07, 6.45) is 2.01. The highest BCUT2D eigenvalue weighted by Gasteiger charge is 1.91. The molecule has 0 spiro atoms. The van der Waals surface area contributed by atoms with E-state index in [-0.39, 0.29) is 0 Å². The molecule has 0 heterocycles. The number of halogens is 1. The Kier molecular flexibility index (Phi) is 8.50. The first kappa shape index (κ1) is 15.2. The van der Waals surface area contributed by atoms with Crippen LogP contribution < -0.4 is 5.32 Å². The lowest BCUT2D eigenvalue weighted by Crippen LogP contribution is -2.09. The fraction of sp³-hybridized carbons (Fsp3) is 0.333. The summed E-state index contributed by atoms with van der Waals surface area (Å²) in [7, 11) is 0. The highest BCUT2D eigenvalue weighted by atomic mass is 19.1. The van der Waals surface area contributed by atoms with Crippen molar-refractivity contribution >= 4 is 6.08 Å². The third-order valence-corrected chi connectivity index (χ3v) is 1.74. The average Bonchev–Trinajstić information content (AvgIpc) is 2.28. The van der Waals surface area contributed by atoms with Crippen LogP contribution in [0.3, 0.4) is 0 Å². The van der Waals surface area contributed by atoms with Gasteiger partial charge in [-0.05, 0) is 30.8 Å². The lowest BCUT2D eigenvalue weighted by atomic mass is 10.2. The molecular weight excluding hydrogens is 223 g/mol. The van der Waals surface area contributed by atoms with Gasteiger partial charge in [-0.25, -0.2) is 4.39 Å². The number of hydrogen-bond donors (Lipinski definition) is 1. The molecule has 1 N–H and O–H groups in total. The van der Waals surface area contributed by atoms with E-state index in [1.54, 1.807) is 6.07 Å². The molecule has 1 aromatic carbocycles. The van der Waals surface area contributed by atoms with E-state index in [1.165, 1.54) is 24.3 Å². The Labute approximate surface area is 100 Å². The van der Waals surface area contributed by atoms with Gasteiger partial charge in [0.05, 0.1) is 4.92 Å². The molecular formula is C12H17FN2O2. The molecule has 0 amide bonds. The first-order valence-corrected chi connectivity index (χ1v) is 5.38. The molecule has 0 aromatic heterocycles. The maximum atomic E-state index is 12.5. The minimum absolute atomic E-state index is 0.402. The first-order chi connectivity index (χ1) is 8.10. The van der Waals surface area contributed by atoms with Gasteiger partial charge < -0.3 is 5.32 Å². The van der Waals surface area contributed by atoms with E-state index in [0.717, 1.165) is 19.3 Å². The van der Waals surface area contributed by atoms with Gasteiger partial charge in [0.1, 0.15) is 5.82 Å². The van der Waals surface area contributed by atoms with Gasteiger partial charge in [0.25, 0.3) is 0 Å². The first-order valence-electron chi connectivity index (χ1n) is 5.38.